The van der Waals surface area contributed by atoms with E-state index < -0.39 is 17.0 Å². The molecule has 1 aromatic carbocycles. The maximum absolute atomic E-state index is 11.9. The van der Waals surface area contributed by atoms with Crippen molar-refractivity contribution in [1.29, 1.82) is 0 Å². The van der Waals surface area contributed by atoms with Crippen molar-refractivity contribution < 1.29 is 19.2 Å². The van der Waals surface area contributed by atoms with Gasteiger partial charge < -0.3 is 14.8 Å². The van der Waals surface area contributed by atoms with E-state index in [1.807, 2.05) is 13.0 Å². The zero-order valence-electron chi connectivity index (χ0n) is 14.0. The van der Waals surface area contributed by atoms with E-state index in [4.69, 9.17) is 9.47 Å². The van der Waals surface area contributed by atoms with Crippen LogP contribution in [0.3, 0.4) is 0 Å². The van der Waals surface area contributed by atoms with E-state index in [9.17, 15) is 14.9 Å². The van der Waals surface area contributed by atoms with Crippen LogP contribution in [0.4, 0.5) is 10.5 Å². The van der Waals surface area contributed by atoms with Crippen LogP contribution >= 0.6 is 0 Å². The van der Waals surface area contributed by atoms with Crippen LogP contribution in [0, 0.1) is 10.1 Å². The van der Waals surface area contributed by atoms with Gasteiger partial charge in [0.25, 0.3) is 5.69 Å². The molecule has 7 nitrogen and oxygen atoms in total. The standard InChI is InChI=1S/C17H20N2O5/c1-10(2)23-17(20)24-16-12(4)18-11(3)8-15(16)13-6-5-7-14(9-13)19(21)22/h5-10,15,18H,1-4H3. The summed E-state index contributed by atoms with van der Waals surface area (Å²) in [7, 11) is 0. The zero-order chi connectivity index (χ0) is 17.9. The lowest BCUT2D eigenvalue weighted by Gasteiger charge is -2.26. The molecule has 0 saturated heterocycles. The van der Waals surface area contributed by atoms with Crippen LogP contribution in [0.25, 0.3) is 0 Å². The van der Waals surface area contributed by atoms with Gasteiger partial charge in [-0.2, -0.15) is 0 Å². The van der Waals surface area contributed by atoms with E-state index in [0.717, 1.165) is 5.70 Å². The van der Waals surface area contributed by atoms with Gasteiger partial charge >= 0.3 is 6.16 Å². The van der Waals surface area contributed by atoms with Crippen molar-refractivity contribution in [2.45, 2.75) is 39.7 Å². The minimum absolute atomic E-state index is 0.0150. The van der Waals surface area contributed by atoms with Crippen molar-refractivity contribution >= 4 is 11.8 Å². The second kappa shape index (κ2) is 7.16. The monoisotopic (exact) mass is 332 g/mol. The Morgan fingerprint density at radius 3 is 2.67 bits per heavy atom. The fourth-order valence-corrected chi connectivity index (χ4v) is 2.48. The first kappa shape index (κ1) is 17.5. The molecule has 1 aliphatic rings. The highest BCUT2D eigenvalue weighted by Gasteiger charge is 2.27. The van der Waals surface area contributed by atoms with Gasteiger partial charge in [0.1, 0.15) is 5.76 Å². The third kappa shape index (κ3) is 4.13. The molecule has 1 N–H and O–H groups in total. The number of nitrogens with one attached hydrogen (secondary N) is 1. The van der Waals surface area contributed by atoms with Gasteiger partial charge in [0.2, 0.25) is 0 Å². The number of rotatable bonds is 4. The summed E-state index contributed by atoms with van der Waals surface area (Å²) in [6.07, 6.45) is 0.748. The van der Waals surface area contributed by atoms with E-state index in [1.54, 1.807) is 32.9 Å². The number of non-ortho nitro benzene ring substituents is 1. The number of hydrogen-bond donors (Lipinski definition) is 1. The third-order valence-electron chi connectivity index (χ3n) is 3.42. The molecule has 24 heavy (non-hydrogen) atoms. The Hall–Kier alpha value is -2.83. The molecule has 7 heteroatoms. The number of nitro benzene ring substituents is 1. The van der Waals surface area contributed by atoms with Crippen LogP contribution in [0.15, 0.2) is 47.5 Å². The summed E-state index contributed by atoms with van der Waals surface area (Å²) < 4.78 is 10.4. The van der Waals surface area contributed by atoms with Gasteiger partial charge in [0.05, 0.1) is 22.6 Å². The minimum Gasteiger partial charge on any atom is -0.431 e. The van der Waals surface area contributed by atoms with Gasteiger partial charge in [-0.25, -0.2) is 4.79 Å². The smallest absolute Gasteiger partial charge is 0.431 e. The van der Waals surface area contributed by atoms with Crippen molar-refractivity contribution in [3.8, 4) is 0 Å². The molecule has 128 valence electrons. The number of ether oxygens (including phenoxy) is 2. The Labute approximate surface area is 140 Å². The zero-order valence-corrected chi connectivity index (χ0v) is 14.0. The lowest BCUT2D eigenvalue weighted by Crippen LogP contribution is -2.24. The van der Waals surface area contributed by atoms with Crippen molar-refractivity contribution in [2.24, 2.45) is 0 Å². The number of benzene rings is 1. The maximum atomic E-state index is 11.9. The summed E-state index contributed by atoms with van der Waals surface area (Å²) in [5.74, 6) is -0.0439. The molecular weight excluding hydrogens is 312 g/mol. The average Bonchev–Trinajstić information content (AvgIpc) is 2.49. The lowest BCUT2D eigenvalue weighted by atomic mass is 9.92. The molecule has 1 aromatic rings. The minimum atomic E-state index is -0.801. The molecule has 2 rings (SSSR count). The molecule has 0 radical (unpaired) electrons. The highest BCUT2D eigenvalue weighted by Crippen LogP contribution is 2.34. The predicted octanol–water partition coefficient (Wildman–Crippen LogP) is 3.98. The van der Waals surface area contributed by atoms with Crippen LogP contribution in [0.1, 0.15) is 39.2 Å². The molecular formula is C17H20N2O5. The summed E-state index contributed by atoms with van der Waals surface area (Å²) in [6, 6.07) is 6.27. The molecule has 0 aromatic heterocycles. The van der Waals surface area contributed by atoms with Crippen LogP contribution in [-0.4, -0.2) is 17.2 Å². The topological polar surface area (TPSA) is 90.7 Å². The fraction of sp³-hybridized carbons (Fsp3) is 0.353. The first-order valence-corrected chi connectivity index (χ1v) is 7.57. The summed E-state index contributed by atoms with van der Waals surface area (Å²) in [4.78, 5) is 22.4. The number of nitrogens with zero attached hydrogens (tertiary/aromatic N) is 1. The highest BCUT2D eigenvalue weighted by molar-refractivity contribution is 5.63. The summed E-state index contributed by atoms with van der Waals surface area (Å²) in [5.41, 5.74) is 2.18. The van der Waals surface area contributed by atoms with Crippen molar-refractivity contribution in [2.75, 3.05) is 0 Å². The first-order chi connectivity index (χ1) is 11.3. The van der Waals surface area contributed by atoms with Crippen molar-refractivity contribution in [3.63, 3.8) is 0 Å². The second-order valence-corrected chi connectivity index (χ2v) is 5.81. The van der Waals surface area contributed by atoms with Crippen LogP contribution in [-0.2, 0) is 9.47 Å². The van der Waals surface area contributed by atoms with E-state index >= 15 is 0 Å². The van der Waals surface area contributed by atoms with Crippen LogP contribution in [0.2, 0.25) is 0 Å². The first-order valence-electron chi connectivity index (χ1n) is 7.57. The molecule has 0 spiro atoms. The second-order valence-electron chi connectivity index (χ2n) is 5.81. The Balaban J connectivity index is 2.36. The fourth-order valence-electron chi connectivity index (χ4n) is 2.48. The number of carbonyl (C=O) groups is 1. The molecule has 0 saturated carbocycles. The number of allylic oxidation sites excluding steroid dienone is 3. The Morgan fingerprint density at radius 1 is 1.33 bits per heavy atom. The molecule has 1 heterocycles. The highest BCUT2D eigenvalue weighted by atomic mass is 16.7. The van der Waals surface area contributed by atoms with Crippen molar-refractivity contribution in [1.82, 2.24) is 5.32 Å². The van der Waals surface area contributed by atoms with Gasteiger partial charge in [-0.05, 0) is 33.3 Å². The summed E-state index contributed by atoms with van der Waals surface area (Å²) >= 11 is 0. The van der Waals surface area contributed by atoms with Gasteiger partial charge in [-0.3, -0.25) is 10.1 Å². The molecule has 0 amide bonds. The van der Waals surface area contributed by atoms with Gasteiger partial charge in [-0.1, -0.05) is 18.2 Å². The summed E-state index contributed by atoms with van der Waals surface area (Å²) in [6.45, 7) is 7.10. The molecule has 1 aliphatic heterocycles. The van der Waals surface area contributed by atoms with Gasteiger partial charge in [0, 0.05) is 17.8 Å². The quantitative estimate of drug-likeness (QED) is 0.509. The van der Waals surface area contributed by atoms with E-state index in [-0.39, 0.29) is 11.8 Å². The van der Waals surface area contributed by atoms with Crippen LogP contribution in [0.5, 0.6) is 0 Å². The van der Waals surface area contributed by atoms with Gasteiger partial charge in [0.15, 0.2) is 0 Å². The van der Waals surface area contributed by atoms with Crippen LogP contribution < -0.4 is 5.32 Å². The molecule has 0 aliphatic carbocycles. The Bertz CT molecular complexity index is 721. The van der Waals surface area contributed by atoms with Crippen molar-refractivity contribution in [3.05, 3.63) is 63.2 Å². The van der Waals surface area contributed by atoms with E-state index in [2.05, 4.69) is 5.32 Å². The SMILES string of the molecule is CC1=CC(c2cccc([N+](=O)[O-])c2)C(OC(=O)OC(C)C)=C(C)N1. The largest absolute Gasteiger partial charge is 0.513 e. The van der Waals surface area contributed by atoms with E-state index in [1.165, 1.54) is 12.1 Å². The Kier molecular flexibility index (Phi) is 5.23. The average molecular weight is 332 g/mol. The van der Waals surface area contributed by atoms with E-state index in [0.29, 0.717) is 17.0 Å². The molecule has 0 bridgehead atoms. The van der Waals surface area contributed by atoms with Gasteiger partial charge in [-0.15, -0.1) is 0 Å². The number of dihydropyridines is 1. The number of hydrogen-bond acceptors (Lipinski definition) is 6. The Morgan fingerprint density at radius 2 is 2.04 bits per heavy atom. The third-order valence-corrected chi connectivity index (χ3v) is 3.42. The maximum Gasteiger partial charge on any atom is 0.513 e. The molecule has 1 unspecified atom stereocenters. The number of nitro groups is 1. The lowest BCUT2D eigenvalue weighted by molar-refractivity contribution is -0.384. The molecule has 0 fully saturated rings. The molecule has 1 atom stereocenters. The predicted molar refractivity (Wildman–Crippen MR) is 88.1 cm³/mol. The summed E-state index contributed by atoms with van der Waals surface area (Å²) in [5, 5.41) is 14.1. The number of carbonyl (C=O) groups excluding carboxylic acids is 1. The normalized spacial score (nSPS) is 17.2.